The van der Waals surface area contributed by atoms with Gasteiger partial charge < -0.3 is 10.1 Å². The smallest absolute Gasteiger partial charge is 0.335 e. The molecule has 2 aromatic heterocycles. The third-order valence-electron chi connectivity index (χ3n) is 3.86. The largest absolute Gasteiger partial charge is 0.493 e. The lowest BCUT2D eigenvalue weighted by molar-refractivity contribution is 0.430. The molecule has 0 amide bonds. The van der Waals surface area contributed by atoms with Gasteiger partial charge in [0.25, 0.3) is 11.1 Å². The Morgan fingerprint density at radius 2 is 1.78 bits per heavy atom. The van der Waals surface area contributed by atoms with Crippen molar-refractivity contribution in [3.8, 4) is 11.6 Å². The van der Waals surface area contributed by atoms with Gasteiger partial charge in [0.2, 0.25) is 5.88 Å². The zero-order valence-electron chi connectivity index (χ0n) is 14.1. The summed E-state index contributed by atoms with van der Waals surface area (Å²) >= 11 is 0. The highest BCUT2D eigenvalue weighted by molar-refractivity contribution is 5.84. The van der Waals surface area contributed by atoms with Crippen LogP contribution in [0.5, 0.6) is 5.88 Å². The first-order valence-electron chi connectivity index (χ1n) is 7.94. The molecule has 0 radical (unpaired) electrons. The van der Waals surface area contributed by atoms with Crippen LogP contribution in [-0.2, 0) is 6.42 Å². The highest BCUT2D eigenvalue weighted by Gasteiger charge is 2.14. The second-order valence-corrected chi connectivity index (χ2v) is 5.57. The second-order valence-electron chi connectivity index (χ2n) is 5.57. The SMILES string of the molecule is CCc1ccc(-n2c(O)c(C=Nc3c[nH]c(=O)[nH]c3=O)c(=O)[nH]c2=O)cc1. The highest BCUT2D eigenvalue weighted by Crippen LogP contribution is 2.16. The number of aromatic hydroxyl groups is 1. The molecule has 0 bridgehead atoms. The molecule has 10 nitrogen and oxygen atoms in total. The molecule has 10 heteroatoms. The van der Waals surface area contributed by atoms with E-state index in [0.29, 0.717) is 5.69 Å². The van der Waals surface area contributed by atoms with Gasteiger partial charge in [-0.25, -0.2) is 19.1 Å². The number of aliphatic imine (C=N–C) groups is 1. The number of nitrogens with zero attached hydrogens (tertiary/aromatic N) is 2. The molecule has 2 heterocycles. The zero-order valence-corrected chi connectivity index (χ0v) is 14.1. The standard InChI is InChI=1S/C17H15N5O5/c1-2-9-3-5-10(6-4-9)22-15(25)11(13(23)21-17(22)27)7-18-12-8-19-16(26)20-14(12)24/h3-8,25H,2H2,1H3,(H,21,23,27)(H2,19,20,24,26). The summed E-state index contributed by atoms with van der Waals surface area (Å²) < 4.78 is 0.916. The summed E-state index contributed by atoms with van der Waals surface area (Å²) in [6.07, 6.45) is 2.80. The average Bonchev–Trinajstić information content (AvgIpc) is 2.63. The van der Waals surface area contributed by atoms with Crippen LogP contribution in [0, 0.1) is 0 Å². The zero-order chi connectivity index (χ0) is 19.6. The van der Waals surface area contributed by atoms with Crippen molar-refractivity contribution in [2.24, 2.45) is 4.99 Å². The lowest BCUT2D eigenvalue weighted by Gasteiger charge is -2.10. The number of benzene rings is 1. The van der Waals surface area contributed by atoms with E-state index in [-0.39, 0.29) is 11.3 Å². The molecule has 138 valence electrons. The first-order chi connectivity index (χ1) is 12.9. The normalized spacial score (nSPS) is 11.1. The Kier molecular flexibility index (Phi) is 4.71. The van der Waals surface area contributed by atoms with Crippen molar-refractivity contribution in [3.63, 3.8) is 0 Å². The Hall–Kier alpha value is -3.95. The molecule has 0 saturated carbocycles. The van der Waals surface area contributed by atoms with Gasteiger partial charge in [-0.15, -0.1) is 0 Å². The van der Waals surface area contributed by atoms with Gasteiger partial charge in [-0.1, -0.05) is 19.1 Å². The fourth-order valence-electron chi connectivity index (χ4n) is 2.41. The number of nitrogens with one attached hydrogen (secondary N) is 3. The number of hydrogen-bond donors (Lipinski definition) is 4. The molecule has 0 saturated heterocycles. The van der Waals surface area contributed by atoms with E-state index < -0.39 is 28.4 Å². The number of aromatic amines is 3. The van der Waals surface area contributed by atoms with Gasteiger partial charge in [0.1, 0.15) is 11.3 Å². The molecule has 0 spiro atoms. The molecule has 0 aliphatic carbocycles. The fourth-order valence-corrected chi connectivity index (χ4v) is 2.41. The van der Waals surface area contributed by atoms with Gasteiger partial charge >= 0.3 is 11.4 Å². The molecule has 27 heavy (non-hydrogen) atoms. The van der Waals surface area contributed by atoms with Crippen LogP contribution in [0.2, 0.25) is 0 Å². The van der Waals surface area contributed by atoms with Crippen LogP contribution in [0.25, 0.3) is 5.69 Å². The summed E-state index contributed by atoms with van der Waals surface area (Å²) in [6.45, 7) is 1.98. The van der Waals surface area contributed by atoms with Crippen LogP contribution in [0.1, 0.15) is 18.1 Å². The molecular weight excluding hydrogens is 354 g/mol. The number of aromatic nitrogens is 4. The maximum absolute atomic E-state index is 12.1. The minimum Gasteiger partial charge on any atom is -0.493 e. The van der Waals surface area contributed by atoms with E-state index in [1.54, 1.807) is 24.3 Å². The topological polar surface area (TPSA) is 153 Å². The molecule has 0 fully saturated rings. The molecular formula is C17H15N5O5. The van der Waals surface area contributed by atoms with Gasteiger partial charge in [0.05, 0.1) is 5.69 Å². The number of hydrogen-bond acceptors (Lipinski definition) is 6. The van der Waals surface area contributed by atoms with Crippen molar-refractivity contribution >= 4 is 11.9 Å². The summed E-state index contributed by atoms with van der Waals surface area (Å²) in [5.74, 6) is -0.627. The monoisotopic (exact) mass is 369 g/mol. The van der Waals surface area contributed by atoms with E-state index in [1.165, 1.54) is 0 Å². The first-order valence-corrected chi connectivity index (χ1v) is 7.94. The quantitative estimate of drug-likeness (QED) is 0.474. The van der Waals surface area contributed by atoms with Gasteiger partial charge in [-0.3, -0.25) is 19.6 Å². The Morgan fingerprint density at radius 3 is 2.41 bits per heavy atom. The highest BCUT2D eigenvalue weighted by atomic mass is 16.3. The molecule has 1 aromatic carbocycles. The Labute approximate surface area is 150 Å². The third kappa shape index (κ3) is 3.54. The summed E-state index contributed by atoms with van der Waals surface area (Å²) in [5, 5.41) is 10.4. The first kappa shape index (κ1) is 17.9. The van der Waals surface area contributed by atoms with Crippen molar-refractivity contribution in [2.75, 3.05) is 0 Å². The lowest BCUT2D eigenvalue weighted by atomic mass is 10.1. The average molecular weight is 369 g/mol. The Bertz CT molecular complexity index is 1240. The molecule has 0 aliphatic heterocycles. The van der Waals surface area contributed by atoms with E-state index in [2.05, 4.69) is 15.0 Å². The minimum absolute atomic E-state index is 0.182. The molecule has 0 unspecified atom stereocenters. The van der Waals surface area contributed by atoms with Crippen LogP contribution in [0.4, 0.5) is 5.69 Å². The number of H-pyrrole nitrogens is 3. The van der Waals surface area contributed by atoms with Crippen molar-refractivity contribution in [2.45, 2.75) is 13.3 Å². The number of rotatable bonds is 4. The summed E-state index contributed by atoms with van der Waals surface area (Å²) in [6, 6.07) is 6.84. The van der Waals surface area contributed by atoms with Crippen LogP contribution >= 0.6 is 0 Å². The number of aryl methyl sites for hydroxylation is 1. The summed E-state index contributed by atoms with van der Waals surface area (Å²) in [5.41, 5.74) is -2.28. The van der Waals surface area contributed by atoms with Crippen molar-refractivity contribution in [1.82, 2.24) is 19.5 Å². The van der Waals surface area contributed by atoms with Crippen molar-refractivity contribution < 1.29 is 5.11 Å². The van der Waals surface area contributed by atoms with Gasteiger partial charge in [-0.2, -0.15) is 0 Å². The molecule has 3 aromatic rings. The second kappa shape index (κ2) is 7.12. The van der Waals surface area contributed by atoms with Crippen LogP contribution < -0.4 is 22.5 Å². The van der Waals surface area contributed by atoms with Crippen LogP contribution in [-0.4, -0.2) is 30.8 Å². The van der Waals surface area contributed by atoms with Crippen LogP contribution in [0.15, 0.2) is 54.6 Å². The molecule has 0 atom stereocenters. The minimum atomic E-state index is -0.872. The third-order valence-corrected chi connectivity index (χ3v) is 3.86. The lowest BCUT2D eigenvalue weighted by Crippen LogP contribution is -2.31. The predicted molar refractivity (Wildman–Crippen MR) is 98.6 cm³/mol. The summed E-state index contributed by atoms with van der Waals surface area (Å²) in [4.78, 5) is 56.9. The van der Waals surface area contributed by atoms with E-state index in [9.17, 15) is 24.3 Å². The van der Waals surface area contributed by atoms with E-state index in [0.717, 1.165) is 29.0 Å². The van der Waals surface area contributed by atoms with E-state index in [1.807, 2.05) is 11.9 Å². The van der Waals surface area contributed by atoms with Crippen molar-refractivity contribution in [3.05, 3.63) is 83.3 Å². The fraction of sp³-hybridized carbons (Fsp3) is 0.118. The maximum Gasteiger partial charge on any atom is 0.335 e. The maximum atomic E-state index is 12.1. The predicted octanol–water partition coefficient (Wildman–Crippen LogP) is -0.0790. The summed E-state index contributed by atoms with van der Waals surface area (Å²) in [7, 11) is 0. The van der Waals surface area contributed by atoms with Crippen molar-refractivity contribution in [1.29, 1.82) is 0 Å². The Morgan fingerprint density at radius 1 is 1.07 bits per heavy atom. The van der Waals surface area contributed by atoms with Gasteiger partial charge in [0.15, 0.2) is 0 Å². The molecule has 3 rings (SSSR count). The molecule has 4 N–H and O–H groups in total. The van der Waals surface area contributed by atoms with E-state index in [4.69, 9.17) is 0 Å². The van der Waals surface area contributed by atoms with Gasteiger partial charge in [0, 0.05) is 12.4 Å². The Balaban J connectivity index is 2.12. The van der Waals surface area contributed by atoms with Gasteiger partial charge in [-0.05, 0) is 24.1 Å². The molecule has 0 aliphatic rings. The van der Waals surface area contributed by atoms with Crippen LogP contribution in [0.3, 0.4) is 0 Å². The van der Waals surface area contributed by atoms with E-state index >= 15 is 0 Å².